The first kappa shape index (κ1) is 18.8. The number of ether oxygens (including phenoxy) is 1. The fraction of sp³-hybridized carbons (Fsp3) is 0.222. The Morgan fingerprint density at radius 2 is 1.67 bits per heavy atom. The Balaban J connectivity index is 1.79. The Bertz CT molecular complexity index is 909. The lowest BCUT2D eigenvalue weighted by Crippen LogP contribution is -2.44. The fourth-order valence-electron chi connectivity index (χ4n) is 2.70. The van der Waals surface area contributed by atoms with Gasteiger partial charge in [-0.05, 0) is 19.1 Å². The Morgan fingerprint density at radius 3 is 2.26 bits per heavy atom. The van der Waals surface area contributed by atoms with Crippen LogP contribution >= 0.6 is 0 Å². The van der Waals surface area contributed by atoms with Gasteiger partial charge in [0.25, 0.3) is 0 Å². The van der Waals surface area contributed by atoms with Crippen molar-refractivity contribution in [3.63, 3.8) is 0 Å². The Labute approximate surface area is 150 Å². The minimum atomic E-state index is -1.24. The van der Waals surface area contributed by atoms with E-state index >= 15 is 0 Å². The predicted molar refractivity (Wildman–Crippen MR) is 86.5 cm³/mol. The molecular weight excluding hydrogens is 371 g/mol. The summed E-state index contributed by atoms with van der Waals surface area (Å²) >= 11 is 0. The van der Waals surface area contributed by atoms with E-state index in [4.69, 9.17) is 4.74 Å². The zero-order valence-corrected chi connectivity index (χ0v) is 14.0. The van der Waals surface area contributed by atoms with Crippen molar-refractivity contribution in [3.05, 3.63) is 65.0 Å². The number of carbonyl (C=O) groups excluding carboxylic acids is 1. The van der Waals surface area contributed by atoms with Crippen molar-refractivity contribution in [2.24, 2.45) is 4.99 Å². The maximum Gasteiger partial charge on any atom is 0.238 e. The second-order valence-electron chi connectivity index (χ2n) is 5.84. The van der Waals surface area contributed by atoms with E-state index in [0.29, 0.717) is 18.2 Å². The van der Waals surface area contributed by atoms with Gasteiger partial charge in [0.1, 0.15) is 42.3 Å². The third-order valence-electron chi connectivity index (χ3n) is 3.91. The second kappa shape index (κ2) is 7.34. The van der Waals surface area contributed by atoms with E-state index in [0.717, 1.165) is 11.0 Å². The summed E-state index contributed by atoms with van der Waals surface area (Å²) in [4.78, 5) is 17.1. The molecule has 2 aromatic carbocycles. The molecule has 0 aromatic heterocycles. The van der Waals surface area contributed by atoms with Gasteiger partial charge in [-0.2, -0.15) is 0 Å². The lowest BCUT2D eigenvalue weighted by molar-refractivity contribution is -0.118. The van der Waals surface area contributed by atoms with Gasteiger partial charge in [0.15, 0.2) is 17.5 Å². The number of halogens is 5. The highest BCUT2D eigenvalue weighted by molar-refractivity contribution is 6.07. The van der Waals surface area contributed by atoms with Gasteiger partial charge in [0.05, 0.1) is 0 Å². The smallest absolute Gasteiger partial charge is 0.238 e. The molecule has 0 bridgehead atoms. The highest BCUT2D eigenvalue weighted by Crippen LogP contribution is 2.29. The van der Waals surface area contributed by atoms with Crippen molar-refractivity contribution in [3.8, 4) is 0 Å². The maximum atomic E-state index is 14.0. The number of hydrogen-bond donors (Lipinski definition) is 0. The molecule has 1 heterocycles. The number of benzene rings is 2. The van der Waals surface area contributed by atoms with Crippen LogP contribution in [0.25, 0.3) is 0 Å². The van der Waals surface area contributed by atoms with Gasteiger partial charge in [-0.3, -0.25) is 9.69 Å². The lowest BCUT2D eigenvalue weighted by atomic mass is 10.2. The summed E-state index contributed by atoms with van der Waals surface area (Å²) in [5.74, 6) is -5.93. The van der Waals surface area contributed by atoms with E-state index in [2.05, 4.69) is 4.99 Å². The molecule has 3 rings (SSSR count). The topological polar surface area (TPSA) is 41.9 Å². The molecule has 0 radical (unpaired) electrons. The Morgan fingerprint density at radius 1 is 1.04 bits per heavy atom. The number of aliphatic imine (C=N–C) groups is 1. The number of hydrogen-bond acceptors (Lipinski definition) is 3. The molecule has 1 aliphatic rings. The predicted octanol–water partition coefficient (Wildman–Crippen LogP) is 4.08. The van der Waals surface area contributed by atoms with Crippen LogP contribution in [-0.2, 0) is 16.1 Å². The standard InChI is InChI=1S/C18H13F5N2O2/c1-9-24-16(27-8-10-2-3-11(19)4-13(10)21)7-17(26)25(9)18-14(22)5-12(20)6-15(18)23/h2-6,9H,7-8H2,1H3. The van der Waals surface area contributed by atoms with Crippen LogP contribution in [0.2, 0.25) is 0 Å². The highest BCUT2D eigenvalue weighted by Gasteiger charge is 2.33. The first-order valence-corrected chi connectivity index (χ1v) is 7.86. The van der Waals surface area contributed by atoms with Gasteiger partial charge in [0, 0.05) is 23.8 Å². The van der Waals surface area contributed by atoms with Gasteiger partial charge in [-0.25, -0.2) is 26.9 Å². The van der Waals surface area contributed by atoms with Gasteiger partial charge >= 0.3 is 0 Å². The maximum absolute atomic E-state index is 14.0. The molecule has 1 atom stereocenters. The number of anilines is 1. The molecule has 2 aromatic rings. The van der Waals surface area contributed by atoms with Gasteiger partial charge in [-0.15, -0.1) is 0 Å². The van der Waals surface area contributed by atoms with E-state index in [9.17, 15) is 26.7 Å². The molecule has 0 aliphatic carbocycles. The molecule has 1 unspecified atom stereocenters. The van der Waals surface area contributed by atoms with Crippen LogP contribution in [0.5, 0.6) is 0 Å². The molecule has 0 spiro atoms. The molecule has 142 valence electrons. The first-order valence-electron chi connectivity index (χ1n) is 7.86. The average molecular weight is 384 g/mol. The third kappa shape index (κ3) is 3.91. The highest BCUT2D eigenvalue weighted by atomic mass is 19.2. The summed E-state index contributed by atoms with van der Waals surface area (Å²) in [7, 11) is 0. The Hall–Kier alpha value is -2.97. The van der Waals surface area contributed by atoms with Gasteiger partial charge in [-0.1, -0.05) is 0 Å². The van der Waals surface area contributed by atoms with E-state index < -0.39 is 53.3 Å². The van der Waals surface area contributed by atoms with E-state index in [1.54, 1.807) is 0 Å². The molecule has 1 amide bonds. The molecule has 0 saturated heterocycles. The monoisotopic (exact) mass is 384 g/mol. The Kier molecular flexibility index (Phi) is 5.11. The van der Waals surface area contributed by atoms with Crippen molar-refractivity contribution in [2.45, 2.75) is 26.1 Å². The van der Waals surface area contributed by atoms with Crippen LogP contribution in [-0.4, -0.2) is 18.0 Å². The van der Waals surface area contributed by atoms with Gasteiger partial charge < -0.3 is 4.74 Å². The quantitative estimate of drug-likeness (QED) is 0.749. The van der Waals surface area contributed by atoms with Crippen LogP contribution < -0.4 is 4.90 Å². The van der Waals surface area contributed by atoms with Crippen LogP contribution in [0.4, 0.5) is 27.6 Å². The summed E-state index contributed by atoms with van der Waals surface area (Å²) in [6.07, 6.45) is -1.46. The minimum Gasteiger partial charge on any atom is -0.476 e. The summed E-state index contributed by atoms with van der Waals surface area (Å²) in [6.45, 7) is 1.09. The molecule has 9 heteroatoms. The van der Waals surface area contributed by atoms with E-state index in [1.807, 2.05) is 0 Å². The number of amides is 1. The summed E-state index contributed by atoms with van der Waals surface area (Å²) in [5, 5.41) is 0. The first-order chi connectivity index (χ1) is 12.8. The third-order valence-corrected chi connectivity index (χ3v) is 3.91. The van der Waals surface area contributed by atoms with E-state index in [1.165, 1.54) is 13.0 Å². The van der Waals surface area contributed by atoms with Crippen molar-refractivity contribution >= 4 is 17.5 Å². The summed E-state index contributed by atoms with van der Waals surface area (Å²) in [5.41, 5.74) is -0.654. The number of rotatable bonds is 3. The molecule has 27 heavy (non-hydrogen) atoms. The minimum absolute atomic E-state index is 0.0530. The normalized spacial score (nSPS) is 17.1. The zero-order valence-electron chi connectivity index (χ0n) is 14.0. The van der Waals surface area contributed by atoms with Crippen LogP contribution in [0, 0.1) is 29.1 Å². The van der Waals surface area contributed by atoms with Crippen molar-refractivity contribution in [1.29, 1.82) is 0 Å². The molecule has 0 saturated carbocycles. The summed E-state index contributed by atoms with van der Waals surface area (Å²) < 4.78 is 72.8. The second-order valence-corrected chi connectivity index (χ2v) is 5.84. The van der Waals surface area contributed by atoms with Crippen LogP contribution in [0.1, 0.15) is 18.9 Å². The molecule has 0 fully saturated rings. The van der Waals surface area contributed by atoms with Crippen molar-refractivity contribution < 1.29 is 31.5 Å². The molecule has 0 N–H and O–H groups in total. The largest absolute Gasteiger partial charge is 0.476 e. The fourth-order valence-corrected chi connectivity index (χ4v) is 2.70. The zero-order chi connectivity index (χ0) is 19.7. The summed E-state index contributed by atoms with van der Waals surface area (Å²) in [6, 6.07) is 3.86. The average Bonchev–Trinajstić information content (AvgIpc) is 2.55. The van der Waals surface area contributed by atoms with Crippen molar-refractivity contribution in [2.75, 3.05) is 4.90 Å². The van der Waals surface area contributed by atoms with Gasteiger partial charge in [0.2, 0.25) is 5.91 Å². The van der Waals surface area contributed by atoms with E-state index in [-0.39, 0.29) is 18.1 Å². The lowest BCUT2D eigenvalue weighted by Gasteiger charge is -2.31. The van der Waals surface area contributed by atoms with Crippen molar-refractivity contribution in [1.82, 2.24) is 0 Å². The molecular formula is C18H13F5N2O2. The number of carbonyl (C=O) groups is 1. The number of nitrogens with zero attached hydrogens (tertiary/aromatic N) is 2. The molecule has 1 aliphatic heterocycles. The van der Waals surface area contributed by atoms with Crippen LogP contribution in [0.3, 0.4) is 0 Å². The SMILES string of the molecule is CC1N=C(OCc2ccc(F)cc2F)CC(=O)N1c1c(F)cc(F)cc1F. The van der Waals surface area contributed by atoms with Crippen LogP contribution in [0.15, 0.2) is 35.3 Å². The molecule has 4 nitrogen and oxygen atoms in total.